The Bertz CT molecular complexity index is 961. The molecule has 1 atom stereocenters. The molecule has 0 radical (unpaired) electrons. The van der Waals surface area contributed by atoms with Crippen LogP contribution in [0.3, 0.4) is 0 Å². The first-order valence-corrected chi connectivity index (χ1v) is 9.19. The highest BCUT2D eigenvalue weighted by molar-refractivity contribution is 5.79. The number of carbonyl (C=O) groups is 1. The van der Waals surface area contributed by atoms with E-state index in [2.05, 4.69) is 15.4 Å². The van der Waals surface area contributed by atoms with Crippen LogP contribution in [0.25, 0.3) is 5.65 Å². The minimum absolute atomic E-state index is 0.00133. The fraction of sp³-hybridized carbons (Fsp3) is 0.500. The molecule has 6 nitrogen and oxygen atoms in total. The van der Waals surface area contributed by atoms with E-state index in [9.17, 15) is 26.7 Å². The summed E-state index contributed by atoms with van der Waals surface area (Å²) in [6.07, 6.45) is -3.56. The molecule has 0 aromatic carbocycles. The summed E-state index contributed by atoms with van der Waals surface area (Å²) >= 11 is 0. The molecule has 0 spiro atoms. The number of fused-ring (bicyclic) bond motifs is 1. The van der Waals surface area contributed by atoms with E-state index in [0.717, 1.165) is 24.6 Å². The Kier molecular flexibility index (Phi) is 4.91. The molecular weight excluding hydrogens is 397 g/mol. The highest BCUT2D eigenvalue weighted by Gasteiger charge is 2.35. The number of aromatic nitrogens is 3. The number of imidazole rings is 1. The van der Waals surface area contributed by atoms with E-state index in [4.69, 9.17) is 0 Å². The van der Waals surface area contributed by atoms with E-state index in [-0.39, 0.29) is 37.2 Å². The molecule has 4 rings (SSSR count). The third-order valence-electron chi connectivity index (χ3n) is 4.98. The van der Waals surface area contributed by atoms with E-state index in [1.54, 1.807) is 6.07 Å². The van der Waals surface area contributed by atoms with Gasteiger partial charge in [0, 0.05) is 24.8 Å². The zero-order valence-electron chi connectivity index (χ0n) is 15.2. The molecular formula is C18H18F5N5O. The Morgan fingerprint density at radius 3 is 2.69 bits per heavy atom. The maximum atomic E-state index is 12.5. The first-order valence-electron chi connectivity index (χ1n) is 9.19. The maximum Gasteiger partial charge on any atom is 0.405 e. The topological polar surface area (TPSA) is 62.5 Å². The van der Waals surface area contributed by atoms with Crippen molar-refractivity contribution in [1.82, 2.24) is 19.5 Å². The molecule has 11 heteroatoms. The number of rotatable bonds is 6. The van der Waals surface area contributed by atoms with Crippen molar-refractivity contribution in [2.45, 2.75) is 37.9 Å². The first-order chi connectivity index (χ1) is 13.7. The van der Waals surface area contributed by atoms with Crippen LogP contribution in [-0.2, 0) is 11.3 Å². The van der Waals surface area contributed by atoms with Crippen molar-refractivity contribution in [3.63, 3.8) is 0 Å². The molecule has 2 aromatic heterocycles. The van der Waals surface area contributed by atoms with Crippen molar-refractivity contribution < 1.29 is 26.7 Å². The highest BCUT2D eigenvalue weighted by Crippen LogP contribution is 2.42. The van der Waals surface area contributed by atoms with Gasteiger partial charge in [-0.3, -0.25) is 4.79 Å². The van der Waals surface area contributed by atoms with Crippen molar-refractivity contribution in [1.29, 1.82) is 0 Å². The minimum Gasteiger partial charge on any atom is -0.360 e. The summed E-state index contributed by atoms with van der Waals surface area (Å²) in [5.74, 6) is -0.567. The van der Waals surface area contributed by atoms with Crippen molar-refractivity contribution >= 4 is 17.4 Å². The van der Waals surface area contributed by atoms with Crippen molar-refractivity contribution in [3.05, 3.63) is 35.7 Å². The van der Waals surface area contributed by atoms with Gasteiger partial charge >= 0.3 is 6.18 Å². The number of nitrogens with one attached hydrogen (secondary N) is 1. The Labute approximate surface area is 162 Å². The number of alkyl halides is 3. The molecule has 1 saturated carbocycles. The van der Waals surface area contributed by atoms with Crippen LogP contribution in [0.4, 0.5) is 27.8 Å². The molecule has 2 fully saturated rings. The van der Waals surface area contributed by atoms with Crippen molar-refractivity contribution in [3.8, 4) is 0 Å². The SMILES string of the molecule is O=C1CC(C=C(F)F)CN1Cc1c(C2CC2)nc2ccc(NCC(F)(F)F)nn12. The molecule has 156 valence electrons. The van der Waals surface area contributed by atoms with E-state index in [0.29, 0.717) is 11.3 Å². The molecule has 0 bridgehead atoms. The molecule has 3 heterocycles. The predicted molar refractivity (Wildman–Crippen MR) is 93.3 cm³/mol. The lowest BCUT2D eigenvalue weighted by Gasteiger charge is -2.17. The van der Waals surface area contributed by atoms with Crippen LogP contribution >= 0.6 is 0 Å². The van der Waals surface area contributed by atoms with Gasteiger partial charge in [0.05, 0.1) is 17.9 Å². The van der Waals surface area contributed by atoms with Gasteiger partial charge in [0.15, 0.2) is 5.65 Å². The lowest BCUT2D eigenvalue weighted by molar-refractivity contribution is -0.128. The van der Waals surface area contributed by atoms with Gasteiger partial charge in [0.2, 0.25) is 5.91 Å². The number of likely N-dealkylation sites (tertiary alicyclic amines) is 1. The van der Waals surface area contributed by atoms with Crippen LogP contribution in [0.15, 0.2) is 24.3 Å². The Morgan fingerprint density at radius 1 is 1.28 bits per heavy atom. The third-order valence-corrected chi connectivity index (χ3v) is 4.98. The van der Waals surface area contributed by atoms with E-state index >= 15 is 0 Å². The molecule has 1 aliphatic heterocycles. The first kappa shape index (κ1) is 19.6. The van der Waals surface area contributed by atoms with E-state index in [1.165, 1.54) is 15.5 Å². The van der Waals surface area contributed by atoms with E-state index in [1.807, 2.05) is 0 Å². The fourth-order valence-corrected chi connectivity index (χ4v) is 3.54. The summed E-state index contributed by atoms with van der Waals surface area (Å²) in [7, 11) is 0. The van der Waals surface area contributed by atoms with Crippen LogP contribution in [0.1, 0.15) is 36.6 Å². The summed E-state index contributed by atoms with van der Waals surface area (Å²) in [5, 5.41) is 6.45. The normalized spacial score (nSPS) is 19.8. The van der Waals surface area contributed by atoms with Gasteiger partial charge in [0.1, 0.15) is 12.4 Å². The zero-order valence-corrected chi connectivity index (χ0v) is 15.2. The average Bonchev–Trinajstić information content (AvgIpc) is 3.33. The molecule has 1 aliphatic carbocycles. The largest absolute Gasteiger partial charge is 0.405 e. The number of carbonyl (C=O) groups excluding carboxylic acids is 1. The van der Waals surface area contributed by atoms with Gasteiger partial charge in [-0.1, -0.05) is 0 Å². The molecule has 29 heavy (non-hydrogen) atoms. The zero-order chi connectivity index (χ0) is 20.8. The summed E-state index contributed by atoms with van der Waals surface area (Å²) in [5.41, 5.74) is 1.84. The van der Waals surface area contributed by atoms with Gasteiger partial charge in [-0.2, -0.15) is 22.0 Å². The van der Waals surface area contributed by atoms with Crippen LogP contribution in [0, 0.1) is 5.92 Å². The standard InChI is InChI=1S/C18H18F5N5O/c19-13(20)5-10-6-16(29)27(7-10)8-12-17(11-1-2-11)25-15-4-3-14(26-28(12)15)24-9-18(21,22)23/h3-5,10-11H,1-2,6-9H2,(H,24,26). The number of halogens is 5. The molecule has 1 N–H and O–H groups in total. The average molecular weight is 415 g/mol. The highest BCUT2D eigenvalue weighted by atomic mass is 19.4. The maximum absolute atomic E-state index is 12.5. The smallest absolute Gasteiger partial charge is 0.360 e. The summed E-state index contributed by atoms with van der Waals surface area (Å²) in [6.45, 7) is -0.947. The fourth-order valence-electron chi connectivity index (χ4n) is 3.54. The number of amides is 1. The summed E-state index contributed by atoms with van der Waals surface area (Å²) in [6, 6.07) is 2.98. The predicted octanol–water partition coefficient (Wildman–Crippen LogP) is 3.71. The lowest BCUT2D eigenvalue weighted by Crippen LogP contribution is -2.26. The van der Waals surface area contributed by atoms with Gasteiger partial charge in [-0.15, -0.1) is 5.10 Å². The second-order valence-electron chi connectivity index (χ2n) is 7.37. The van der Waals surface area contributed by atoms with Crippen LogP contribution < -0.4 is 5.32 Å². The van der Waals surface area contributed by atoms with Gasteiger partial charge < -0.3 is 10.2 Å². The number of hydrogen-bond acceptors (Lipinski definition) is 4. The molecule has 1 unspecified atom stereocenters. The summed E-state index contributed by atoms with van der Waals surface area (Å²) < 4.78 is 63.9. The molecule has 1 saturated heterocycles. The van der Waals surface area contributed by atoms with Gasteiger partial charge in [-0.05, 0) is 31.1 Å². The summed E-state index contributed by atoms with van der Waals surface area (Å²) in [4.78, 5) is 18.3. The third kappa shape index (κ3) is 4.48. The monoisotopic (exact) mass is 415 g/mol. The number of nitrogens with zero attached hydrogens (tertiary/aromatic N) is 4. The second kappa shape index (κ2) is 7.27. The molecule has 2 aliphatic rings. The Morgan fingerprint density at radius 2 is 2.03 bits per heavy atom. The van der Waals surface area contributed by atoms with E-state index < -0.39 is 24.7 Å². The van der Waals surface area contributed by atoms with Crippen LogP contribution in [0.2, 0.25) is 0 Å². The Balaban J connectivity index is 1.62. The minimum atomic E-state index is -4.39. The van der Waals surface area contributed by atoms with Crippen LogP contribution in [0.5, 0.6) is 0 Å². The number of anilines is 1. The lowest BCUT2D eigenvalue weighted by atomic mass is 10.1. The molecule has 2 aromatic rings. The second-order valence-corrected chi connectivity index (χ2v) is 7.37. The quantitative estimate of drug-likeness (QED) is 0.731. The van der Waals surface area contributed by atoms with Crippen molar-refractivity contribution in [2.24, 2.45) is 5.92 Å². The Hall–Kier alpha value is -2.72. The number of hydrogen-bond donors (Lipinski definition) is 1. The van der Waals surface area contributed by atoms with Crippen molar-refractivity contribution in [2.75, 3.05) is 18.4 Å². The van der Waals surface area contributed by atoms with Gasteiger partial charge in [-0.25, -0.2) is 9.50 Å². The molecule has 1 amide bonds. The van der Waals surface area contributed by atoms with Gasteiger partial charge in [0.25, 0.3) is 6.08 Å². The van der Waals surface area contributed by atoms with Crippen LogP contribution in [-0.4, -0.2) is 44.7 Å².